The molecule has 0 spiro atoms. The van der Waals surface area contributed by atoms with E-state index < -0.39 is 0 Å². The van der Waals surface area contributed by atoms with Gasteiger partial charge in [0.25, 0.3) is 0 Å². The Morgan fingerprint density at radius 3 is 2.93 bits per heavy atom. The Balaban J connectivity index is 2.56. The lowest BCUT2D eigenvalue weighted by molar-refractivity contribution is 0.951. The van der Waals surface area contributed by atoms with Crippen molar-refractivity contribution in [2.45, 2.75) is 12.8 Å². The first-order chi connectivity index (χ1) is 6.83. The highest BCUT2D eigenvalue weighted by molar-refractivity contribution is 6.17. The number of imidazole rings is 1. The van der Waals surface area contributed by atoms with Crippen molar-refractivity contribution in [3.8, 4) is 5.69 Å². The van der Waals surface area contributed by atoms with Gasteiger partial charge < -0.3 is 4.57 Å². The van der Waals surface area contributed by atoms with E-state index in [9.17, 15) is 0 Å². The third-order valence-electron chi connectivity index (χ3n) is 2.12. The molecule has 3 nitrogen and oxygen atoms in total. The highest BCUT2D eigenvalue weighted by Gasteiger charge is 2.05. The maximum atomic E-state index is 5.84. The summed E-state index contributed by atoms with van der Waals surface area (Å²) >= 11 is 5.84. The molecule has 2 aromatic heterocycles. The third kappa shape index (κ3) is 1.51. The highest BCUT2D eigenvalue weighted by atomic mass is 35.5. The van der Waals surface area contributed by atoms with Crippen LogP contribution in [0.1, 0.15) is 11.4 Å². The van der Waals surface area contributed by atoms with Crippen LogP contribution in [0.15, 0.2) is 30.9 Å². The number of rotatable bonds is 2. The van der Waals surface area contributed by atoms with Crippen molar-refractivity contribution >= 4 is 11.6 Å². The van der Waals surface area contributed by atoms with E-state index in [1.807, 2.05) is 23.8 Å². The number of alkyl halides is 1. The predicted octanol–water partition coefficient (Wildman–Crippen LogP) is 2.31. The van der Waals surface area contributed by atoms with Gasteiger partial charge in [0.2, 0.25) is 0 Å². The van der Waals surface area contributed by atoms with Gasteiger partial charge >= 0.3 is 0 Å². The number of nitrogens with zero attached hydrogens (tertiary/aromatic N) is 3. The van der Waals surface area contributed by atoms with Crippen LogP contribution in [0.25, 0.3) is 5.69 Å². The summed E-state index contributed by atoms with van der Waals surface area (Å²) in [7, 11) is 0. The van der Waals surface area contributed by atoms with Crippen molar-refractivity contribution < 1.29 is 0 Å². The normalized spacial score (nSPS) is 10.4. The van der Waals surface area contributed by atoms with Crippen LogP contribution in [0, 0.1) is 6.92 Å². The second kappa shape index (κ2) is 3.80. The Labute approximate surface area is 87.4 Å². The highest BCUT2D eigenvalue weighted by Crippen LogP contribution is 2.16. The maximum absolute atomic E-state index is 5.84. The molecule has 0 saturated carbocycles. The standard InChI is InChI=1S/C10H10ClN3/c1-8-13-4-5-14(8)10-7-12-3-2-9(10)6-11/h2-5,7H,6H2,1H3. The minimum atomic E-state index is 0.482. The average Bonchev–Trinajstić information content (AvgIpc) is 2.64. The molecule has 0 amide bonds. The molecular formula is C10H10ClN3. The van der Waals surface area contributed by atoms with Crippen molar-refractivity contribution in [2.75, 3.05) is 0 Å². The zero-order chi connectivity index (χ0) is 9.97. The van der Waals surface area contributed by atoms with Crippen LogP contribution in [-0.2, 0) is 5.88 Å². The quantitative estimate of drug-likeness (QED) is 0.708. The first kappa shape index (κ1) is 9.21. The van der Waals surface area contributed by atoms with Gasteiger partial charge in [-0.2, -0.15) is 0 Å². The average molecular weight is 208 g/mol. The Morgan fingerprint density at radius 2 is 2.29 bits per heavy atom. The fourth-order valence-corrected chi connectivity index (χ4v) is 1.60. The van der Waals surface area contributed by atoms with Gasteiger partial charge in [0.1, 0.15) is 5.82 Å². The molecule has 2 aromatic rings. The maximum Gasteiger partial charge on any atom is 0.110 e. The van der Waals surface area contributed by atoms with Gasteiger partial charge in [0, 0.05) is 24.5 Å². The molecule has 0 saturated heterocycles. The molecule has 4 heteroatoms. The van der Waals surface area contributed by atoms with Crippen LogP contribution < -0.4 is 0 Å². The third-order valence-corrected chi connectivity index (χ3v) is 2.40. The summed E-state index contributed by atoms with van der Waals surface area (Å²) in [5, 5.41) is 0. The van der Waals surface area contributed by atoms with Crippen LogP contribution in [0.3, 0.4) is 0 Å². The molecule has 0 aromatic carbocycles. The Bertz CT molecular complexity index is 436. The number of aryl methyl sites for hydroxylation is 1. The van der Waals surface area contributed by atoms with Crippen molar-refractivity contribution in [1.29, 1.82) is 0 Å². The van der Waals surface area contributed by atoms with E-state index in [-0.39, 0.29) is 0 Å². The van der Waals surface area contributed by atoms with Crippen LogP contribution >= 0.6 is 11.6 Å². The number of hydrogen-bond donors (Lipinski definition) is 0. The van der Waals surface area contributed by atoms with Gasteiger partial charge in [0.05, 0.1) is 11.9 Å². The summed E-state index contributed by atoms with van der Waals surface area (Å²) in [6.45, 7) is 1.95. The molecule has 2 heterocycles. The fraction of sp³-hybridized carbons (Fsp3) is 0.200. The molecule has 0 aliphatic rings. The number of pyridine rings is 1. The summed E-state index contributed by atoms with van der Waals surface area (Å²) in [4.78, 5) is 8.24. The molecule has 0 fully saturated rings. The van der Waals surface area contributed by atoms with E-state index in [1.54, 1.807) is 18.6 Å². The lowest BCUT2D eigenvalue weighted by atomic mass is 10.2. The van der Waals surface area contributed by atoms with Gasteiger partial charge in [-0.05, 0) is 18.6 Å². The van der Waals surface area contributed by atoms with Crippen LogP contribution in [-0.4, -0.2) is 14.5 Å². The molecule has 0 aliphatic carbocycles. The van der Waals surface area contributed by atoms with Crippen LogP contribution in [0.5, 0.6) is 0 Å². The predicted molar refractivity (Wildman–Crippen MR) is 55.7 cm³/mol. The molecule has 72 valence electrons. The van der Waals surface area contributed by atoms with Gasteiger partial charge in [-0.15, -0.1) is 11.6 Å². The van der Waals surface area contributed by atoms with Gasteiger partial charge in [0.15, 0.2) is 0 Å². The molecule has 0 N–H and O–H groups in total. The lowest BCUT2D eigenvalue weighted by Crippen LogP contribution is -2.00. The minimum Gasteiger partial charge on any atom is -0.302 e. The first-order valence-corrected chi connectivity index (χ1v) is 4.85. The molecule has 0 unspecified atom stereocenters. The van der Waals surface area contributed by atoms with Gasteiger partial charge in [-0.3, -0.25) is 4.98 Å². The van der Waals surface area contributed by atoms with Crippen molar-refractivity contribution in [3.05, 3.63) is 42.2 Å². The topological polar surface area (TPSA) is 30.7 Å². The second-order valence-electron chi connectivity index (χ2n) is 2.98. The Morgan fingerprint density at radius 1 is 1.43 bits per heavy atom. The van der Waals surface area contributed by atoms with E-state index in [1.165, 1.54) is 0 Å². The molecule has 0 radical (unpaired) electrons. The molecule has 0 aliphatic heterocycles. The summed E-state index contributed by atoms with van der Waals surface area (Å²) in [6.07, 6.45) is 7.21. The summed E-state index contributed by atoms with van der Waals surface area (Å²) in [6, 6.07) is 1.92. The number of hydrogen-bond acceptors (Lipinski definition) is 2. The van der Waals surface area contributed by atoms with E-state index in [0.717, 1.165) is 17.1 Å². The molecule has 0 bridgehead atoms. The SMILES string of the molecule is Cc1nccn1-c1cnccc1CCl. The summed E-state index contributed by atoms with van der Waals surface area (Å²) in [5.41, 5.74) is 2.06. The van der Waals surface area contributed by atoms with Gasteiger partial charge in [-0.1, -0.05) is 0 Å². The van der Waals surface area contributed by atoms with Crippen molar-refractivity contribution in [2.24, 2.45) is 0 Å². The number of aromatic nitrogens is 3. The Kier molecular flexibility index (Phi) is 2.50. The van der Waals surface area contributed by atoms with Crippen molar-refractivity contribution in [3.63, 3.8) is 0 Å². The largest absolute Gasteiger partial charge is 0.302 e. The van der Waals surface area contributed by atoms with Crippen LogP contribution in [0.4, 0.5) is 0 Å². The smallest absolute Gasteiger partial charge is 0.110 e. The van der Waals surface area contributed by atoms with E-state index in [4.69, 9.17) is 11.6 Å². The van der Waals surface area contributed by atoms with Gasteiger partial charge in [-0.25, -0.2) is 4.98 Å². The molecule has 2 rings (SSSR count). The fourth-order valence-electron chi connectivity index (χ4n) is 1.38. The van der Waals surface area contributed by atoms with Crippen molar-refractivity contribution in [1.82, 2.24) is 14.5 Å². The molecule has 14 heavy (non-hydrogen) atoms. The van der Waals surface area contributed by atoms with E-state index in [0.29, 0.717) is 5.88 Å². The summed E-state index contributed by atoms with van der Waals surface area (Å²) in [5.74, 6) is 1.42. The monoisotopic (exact) mass is 207 g/mol. The van der Waals surface area contributed by atoms with E-state index >= 15 is 0 Å². The summed E-state index contributed by atoms with van der Waals surface area (Å²) < 4.78 is 1.98. The molecular weight excluding hydrogens is 198 g/mol. The first-order valence-electron chi connectivity index (χ1n) is 4.32. The number of halogens is 1. The zero-order valence-electron chi connectivity index (χ0n) is 7.81. The van der Waals surface area contributed by atoms with E-state index in [2.05, 4.69) is 9.97 Å². The minimum absolute atomic E-state index is 0.482. The second-order valence-corrected chi connectivity index (χ2v) is 3.25. The van der Waals surface area contributed by atoms with Crippen LogP contribution in [0.2, 0.25) is 0 Å². The lowest BCUT2D eigenvalue weighted by Gasteiger charge is -2.08. The zero-order valence-corrected chi connectivity index (χ0v) is 8.57. The molecule has 0 atom stereocenters. The Hall–Kier alpha value is -1.35.